The molecule has 0 aromatic heterocycles. The monoisotopic (exact) mass is 439 g/mol. The smallest absolute Gasteiger partial charge is 0.253 e. The standard InChI is InChI=1S/C26H37N3O3/c1-32-22-9-5-6-20(18-22)24(30)28-12-10-26(11-13-28)19-23(26)25(31)29-16-14-27(15-17-29)21-7-3-2-4-8-21/h5-6,9,18,21,23H,2-4,7-8,10-17,19H2,1H3. The number of rotatable bonds is 4. The molecule has 0 bridgehead atoms. The fourth-order valence-electron chi connectivity index (χ4n) is 6.32. The van der Waals surface area contributed by atoms with Gasteiger partial charge in [0.2, 0.25) is 5.91 Å². The first-order chi connectivity index (χ1) is 15.6. The van der Waals surface area contributed by atoms with Crippen LogP contribution in [0.5, 0.6) is 5.75 Å². The lowest BCUT2D eigenvalue weighted by Crippen LogP contribution is -2.53. The molecule has 2 heterocycles. The van der Waals surface area contributed by atoms with Gasteiger partial charge in [-0.15, -0.1) is 0 Å². The van der Waals surface area contributed by atoms with Crippen molar-refractivity contribution in [3.8, 4) is 5.75 Å². The van der Waals surface area contributed by atoms with Gasteiger partial charge < -0.3 is 14.5 Å². The van der Waals surface area contributed by atoms with Gasteiger partial charge in [0.15, 0.2) is 0 Å². The molecule has 1 aromatic rings. The number of hydrogen-bond acceptors (Lipinski definition) is 4. The van der Waals surface area contributed by atoms with Crippen LogP contribution in [0.2, 0.25) is 0 Å². The lowest BCUT2D eigenvalue weighted by atomic mass is 9.90. The number of piperidine rings is 1. The fraction of sp³-hybridized carbons (Fsp3) is 0.692. The van der Waals surface area contributed by atoms with Crippen molar-refractivity contribution >= 4 is 11.8 Å². The molecule has 1 atom stereocenters. The number of amides is 2. The molecule has 1 spiro atoms. The number of carbonyl (C=O) groups is 2. The van der Waals surface area contributed by atoms with Crippen molar-refractivity contribution in [1.29, 1.82) is 0 Å². The molecule has 2 amide bonds. The molecule has 1 aromatic carbocycles. The molecule has 4 aliphatic rings. The summed E-state index contributed by atoms with van der Waals surface area (Å²) >= 11 is 0. The quantitative estimate of drug-likeness (QED) is 0.722. The molecule has 174 valence electrons. The lowest BCUT2D eigenvalue weighted by Gasteiger charge is -2.41. The predicted molar refractivity (Wildman–Crippen MR) is 124 cm³/mol. The topological polar surface area (TPSA) is 53.1 Å². The first-order valence-corrected chi connectivity index (χ1v) is 12.6. The number of methoxy groups -OCH3 is 1. The third kappa shape index (κ3) is 4.26. The molecule has 2 saturated carbocycles. The highest BCUT2D eigenvalue weighted by Crippen LogP contribution is 2.60. The van der Waals surface area contributed by atoms with Crippen LogP contribution < -0.4 is 4.74 Å². The molecule has 2 aliphatic heterocycles. The molecule has 4 fully saturated rings. The van der Waals surface area contributed by atoms with E-state index >= 15 is 0 Å². The number of piperazine rings is 1. The maximum atomic E-state index is 13.2. The molecular formula is C26H37N3O3. The van der Waals surface area contributed by atoms with Crippen molar-refractivity contribution in [3.63, 3.8) is 0 Å². The fourth-order valence-corrected chi connectivity index (χ4v) is 6.32. The third-order valence-electron chi connectivity index (χ3n) is 8.57. The van der Waals surface area contributed by atoms with Crippen LogP contribution in [0, 0.1) is 11.3 Å². The maximum absolute atomic E-state index is 13.2. The van der Waals surface area contributed by atoms with Crippen molar-refractivity contribution in [2.24, 2.45) is 11.3 Å². The largest absolute Gasteiger partial charge is 0.497 e. The number of nitrogens with zero attached hydrogens (tertiary/aromatic N) is 3. The maximum Gasteiger partial charge on any atom is 0.253 e. The summed E-state index contributed by atoms with van der Waals surface area (Å²) in [4.78, 5) is 32.9. The zero-order chi connectivity index (χ0) is 22.1. The summed E-state index contributed by atoms with van der Waals surface area (Å²) in [6.07, 6.45) is 9.70. The molecule has 6 heteroatoms. The molecular weight excluding hydrogens is 402 g/mol. The second-order valence-corrected chi connectivity index (χ2v) is 10.3. The summed E-state index contributed by atoms with van der Waals surface area (Å²) in [5.74, 6) is 1.33. The van der Waals surface area contributed by atoms with Gasteiger partial charge in [-0.25, -0.2) is 0 Å². The minimum Gasteiger partial charge on any atom is -0.497 e. The van der Waals surface area contributed by atoms with Gasteiger partial charge >= 0.3 is 0 Å². The van der Waals surface area contributed by atoms with E-state index < -0.39 is 0 Å². The third-order valence-corrected chi connectivity index (χ3v) is 8.57. The van der Waals surface area contributed by atoms with E-state index in [1.807, 2.05) is 29.2 Å². The number of hydrogen-bond donors (Lipinski definition) is 0. The average molecular weight is 440 g/mol. The van der Waals surface area contributed by atoms with Crippen LogP contribution in [0.3, 0.4) is 0 Å². The van der Waals surface area contributed by atoms with E-state index in [0.717, 1.165) is 64.6 Å². The van der Waals surface area contributed by atoms with Crippen molar-refractivity contribution in [2.75, 3.05) is 46.4 Å². The highest BCUT2D eigenvalue weighted by molar-refractivity contribution is 5.94. The van der Waals surface area contributed by atoms with E-state index in [-0.39, 0.29) is 17.2 Å². The molecule has 0 N–H and O–H groups in total. The highest BCUT2D eigenvalue weighted by Gasteiger charge is 2.59. The van der Waals surface area contributed by atoms with Gasteiger partial charge in [0.05, 0.1) is 7.11 Å². The second kappa shape index (κ2) is 9.05. The second-order valence-electron chi connectivity index (χ2n) is 10.3. The van der Waals surface area contributed by atoms with Gasteiger partial charge in [-0.1, -0.05) is 25.3 Å². The molecule has 2 saturated heterocycles. The van der Waals surface area contributed by atoms with E-state index in [4.69, 9.17) is 4.74 Å². The Labute approximate surface area is 191 Å². The van der Waals surface area contributed by atoms with Crippen LogP contribution in [0.4, 0.5) is 0 Å². The van der Waals surface area contributed by atoms with Gasteiger partial charge in [-0.3, -0.25) is 14.5 Å². The molecule has 1 unspecified atom stereocenters. The summed E-state index contributed by atoms with van der Waals surface area (Å²) in [6, 6.07) is 8.13. The van der Waals surface area contributed by atoms with Gasteiger partial charge in [0, 0.05) is 56.8 Å². The Bertz CT molecular complexity index is 834. The number of likely N-dealkylation sites (tertiary alicyclic amines) is 1. The Balaban J connectivity index is 1.11. The minimum absolute atomic E-state index is 0.0705. The Kier molecular flexibility index (Phi) is 6.15. The van der Waals surface area contributed by atoms with Crippen LogP contribution >= 0.6 is 0 Å². The van der Waals surface area contributed by atoms with Gasteiger partial charge in [-0.05, 0) is 55.7 Å². The predicted octanol–water partition coefficient (Wildman–Crippen LogP) is 3.41. The van der Waals surface area contributed by atoms with E-state index in [1.165, 1.54) is 32.1 Å². The Morgan fingerprint density at radius 1 is 0.938 bits per heavy atom. The molecule has 2 aliphatic carbocycles. The van der Waals surface area contributed by atoms with E-state index in [1.54, 1.807) is 7.11 Å². The van der Waals surface area contributed by atoms with Gasteiger partial charge in [-0.2, -0.15) is 0 Å². The van der Waals surface area contributed by atoms with Crippen molar-refractivity contribution in [1.82, 2.24) is 14.7 Å². The van der Waals surface area contributed by atoms with Crippen molar-refractivity contribution < 1.29 is 14.3 Å². The van der Waals surface area contributed by atoms with Gasteiger partial charge in [0.25, 0.3) is 5.91 Å². The van der Waals surface area contributed by atoms with Crippen LogP contribution in [-0.4, -0.2) is 78.9 Å². The van der Waals surface area contributed by atoms with Gasteiger partial charge in [0.1, 0.15) is 5.75 Å². The molecule has 0 radical (unpaired) electrons. The van der Waals surface area contributed by atoms with Crippen LogP contribution in [0.1, 0.15) is 61.7 Å². The summed E-state index contributed by atoms with van der Waals surface area (Å²) in [5.41, 5.74) is 0.822. The summed E-state index contributed by atoms with van der Waals surface area (Å²) in [5, 5.41) is 0. The first kappa shape index (κ1) is 21.7. The molecule has 32 heavy (non-hydrogen) atoms. The number of carbonyl (C=O) groups excluding carboxylic acids is 2. The van der Waals surface area contributed by atoms with E-state index in [0.29, 0.717) is 17.2 Å². The average Bonchev–Trinajstić information content (AvgIpc) is 3.57. The van der Waals surface area contributed by atoms with Crippen LogP contribution in [0.15, 0.2) is 24.3 Å². The van der Waals surface area contributed by atoms with E-state index in [2.05, 4.69) is 9.80 Å². The summed E-state index contributed by atoms with van der Waals surface area (Å²) < 4.78 is 5.26. The zero-order valence-electron chi connectivity index (χ0n) is 19.4. The Morgan fingerprint density at radius 3 is 2.34 bits per heavy atom. The SMILES string of the molecule is COc1cccc(C(=O)N2CCC3(CC2)CC3C(=O)N2CCN(C3CCCCC3)CC2)c1. The molecule has 6 nitrogen and oxygen atoms in total. The Morgan fingerprint density at radius 2 is 1.66 bits per heavy atom. The number of ether oxygens (including phenoxy) is 1. The lowest BCUT2D eigenvalue weighted by molar-refractivity contribution is -0.136. The molecule has 5 rings (SSSR count). The minimum atomic E-state index is 0.0705. The Hall–Kier alpha value is -2.08. The van der Waals surface area contributed by atoms with Crippen molar-refractivity contribution in [3.05, 3.63) is 29.8 Å². The summed E-state index contributed by atoms with van der Waals surface area (Å²) in [6.45, 7) is 5.35. The number of benzene rings is 1. The van der Waals surface area contributed by atoms with Crippen LogP contribution in [-0.2, 0) is 4.79 Å². The first-order valence-electron chi connectivity index (χ1n) is 12.6. The normalized spacial score (nSPS) is 26.2. The summed E-state index contributed by atoms with van der Waals surface area (Å²) in [7, 11) is 1.62. The highest BCUT2D eigenvalue weighted by atomic mass is 16.5. The van der Waals surface area contributed by atoms with Crippen LogP contribution in [0.25, 0.3) is 0 Å². The van der Waals surface area contributed by atoms with E-state index in [9.17, 15) is 9.59 Å². The van der Waals surface area contributed by atoms with Crippen molar-refractivity contribution in [2.45, 2.75) is 57.4 Å². The zero-order valence-corrected chi connectivity index (χ0v) is 19.4.